The van der Waals surface area contributed by atoms with Crippen LogP contribution in [0.1, 0.15) is 41.9 Å². The first-order valence-electron chi connectivity index (χ1n) is 12.5. The molecule has 1 saturated carbocycles. The van der Waals surface area contributed by atoms with E-state index in [9.17, 15) is 9.59 Å². The molecule has 2 heterocycles. The van der Waals surface area contributed by atoms with Crippen LogP contribution in [-0.2, 0) is 15.1 Å². The van der Waals surface area contributed by atoms with Crippen molar-refractivity contribution in [2.75, 3.05) is 18.9 Å². The Kier molecular flexibility index (Phi) is 6.40. The van der Waals surface area contributed by atoms with Gasteiger partial charge in [0.05, 0.1) is 5.41 Å². The lowest BCUT2D eigenvalue weighted by Crippen LogP contribution is -2.60. The number of para-hydroxylation sites is 1. The van der Waals surface area contributed by atoms with Gasteiger partial charge < -0.3 is 5.32 Å². The van der Waals surface area contributed by atoms with E-state index in [0.29, 0.717) is 50.6 Å². The first-order valence-corrected chi connectivity index (χ1v) is 14.0. The lowest BCUT2D eigenvalue weighted by atomic mass is 9.53. The zero-order chi connectivity index (χ0) is 26.8. The molecule has 3 aromatic carbocycles. The van der Waals surface area contributed by atoms with Crippen molar-refractivity contribution < 1.29 is 9.59 Å². The Balaban J connectivity index is 1.61. The summed E-state index contributed by atoms with van der Waals surface area (Å²) >= 11 is 25.6. The number of likely N-dealkylation sites (tertiary alicyclic amines) is 1. The third-order valence-electron chi connectivity index (χ3n) is 8.51. The van der Waals surface area contributed by atoms with E-state index in [-0.39, 0.29) is 17.6 Å². The van der Waals surface area contributed by atoms with Crippen LogP contribution in [0.15, 0.2) is 66.2 Å². The number of nitrogens with one attached hydrogen (secondary N) is 1. The summed E-state index contributed by atoms with van der Waals surface area (Å²) in [6, 6.07) is 18.3. The van der Waals surface area contributed by atoms with Crippen molar-refractivity contribution in [1.29, 1.82) is 0 Å². The lowest BCUT2D eigenvalue weighted by molar-refractivity contribution is -0.144. The largest absolute Gasteiger partial charge is 0.324 e. The quantitative estimate of drug-likeness (QED) is 0.310. The third kappa shape index (κ3) is 3.54. The number of fused-ring (bicyclic) bond motifs is 3. The number of amides is 1. The molecule has 2 fully saturated rings. The second-order valence-electron chi connectivity index (χ2n) is 10.3. The van der Waals surface area contributed by atoms with Crippen molar-refractivity contribution in [3.8, 4) is 0 Å². The fourth-order valence-electron chi connectivity index (χ4n) is 7.06. The van der Waals surface area contributed by atoms with Crippen LogP contribution >= 0.6 is 46.4 Å². The number of hydrogen-bond donors (Lipinski definition) is 1. The standard InChI is InChI=1S/C30H24Cl4N2O2/c1-36-16-23(21-11-10-20(32)15-25(21)34)29(30(36)22-6-2-3-7-26(22)35-28(30)38)12-4-5-18(27(29)37)13-17-8-9-19(31)14-24(17)33/h2-3,6-11,13-15,23H,4-5,12,16H2,1H3,(H,35,38)/b18-13+/t23-,29+,30+/m0/s1. The number of hydrogen-bond acceptors (Lipinski definition) is 3. The number of carbonyl (C=O) groups is 2. The molecule has 38 heavy (non-hydrogen) atoms. The smallest absolute Gasteiger partial charge is 0.250 e. The maximum absolute atomic E-state index is 14.9. The lowest BCUT2D eigenvalue weighted by Gasteiger charge is -2.48. The van der Waals surface area contributed by atoms with Gasteiger partial charge in [0.25, 0.3) is 5.91 Å². The topological polar surface area (TPSA) is 49.4 Å². The Bertz CT molecular complexity index is 1540. The van der Waals surface area contributed by atoms with Gasteiger partial charge in [0, 0.05) is 43.8 Å². The SMILES string of the molecule is CN1C[C@@H](c2ccc(Cl)cc2Cl)[C@@]2(CCC/C(=C\c3ccc(Cl)cc3Cl)C2=O)[C@@]12C(=O)Nc1ccccc12. The van der Waals surface area contributed by atoms with E-state index in [0.717, 1.165) is 23.2 Å². The van der Waals surface area contributed by atoms with Crippen LogP contribution in [-0.4, -0.2) is 30.2 Å². The number of nitrogens with zero attached hydrogens (tertiary/aromatic N) is 1. The van der Waals surface area contributed by atoms with Crippen molar-refractivity contribution in [1.82, 2.24) is 4.90 Å². The zero-order valence-corrected chi connectivity index (χ0v) is 23.6. The molecule has 3 aliphatic rings. The number of halogens is 4. The number of Topliss-reactive ketones (excluding diaryl/α,β-unsaturated/α-hetero) is 1. The molecule has 0 unspecified atom stereocenters. The number of anilines is 1. The van der Waals surface area contributed by atoms with Gasteiger partial charge in [-0.2, -0.15) is 0 Å². The van der Waals surface area contributed by atoms with Crippen molar-refractivity contribution in [2.24, 2.45) is 5.41 Å². The summed E-state index contributed by atoms with van der Waals surface area (Å²) in [5.41, 5.74) is 1.43. The molecule has 3 aromatic rings. The highest BCUT2D eigenvalue weighted by Crippen LogP contribution is 2.66. The predicted octanol–water partition coefficient (Wildman–Crippen LogP) is 8.00. The van der Waals surface area contributed by atoms with Crippen LogP contribution in [0, 0.1) is 5.41 Å². The molecule has 2 spiro atoms. The van der Waals surface area contributed by atoms with Crippen molar-refractivity contribution in [3.63, 3.8) is 0 Å². The van der Waals surface area contributed by atoms with E-state index in [2.05, 4.69) is 5.32 Å². The average molecular weight is 586 g/mol. The number of benzene rings is 3. The number of likely N-dealkylation sites (N-methyl/N-ethyl adjacent to an activating group) is 1. The van der Waals surface area contributed by atoms with Crippen LogP contribution in [0.25, 0.3) is 6.08 Å². The molecule has 8 heteroatoms. The van der Waals surface area contributed by atoms with E-state index < -0.39 is 11.0 Å². The molecule has 4 nitrogen and oxygen atoms in total. The summed E-state index contributed by atoms with van der Waals surface area (Å²) in [6.07, 6.45) is 3.71. The van der Waals surface area contributed by atoms with Gasteiger partial charge >= 0.3 is 0 Å². The first-order chi connectivity index (χ1) is 18.2. The molecule has 1 N–H and O–H groups in total. The second kappa shape index (κ2) is 9.39. The van der Waals surface area contributed by atoms with Gasteiger partial charge in [0.2, 0.25) is 0 Å². The summed E-state index contributed by atoms with van der Waals surface area (Å²) < 4.78 is 0. The summed E-state index contributed by atoms with van der Waals surface area (Å²) in [4.78, 5) is 31.1. The first kappa shape index (κ1) is 25.9. The molecule has 0 aromatic heterocycles. The van der Waals surface area contributed by atoms with Gasteiger partial charge in [0.1, 0.15) is 5.54 Å². The molecule has 2 aliphatic heterocycles. The van der Waals surface area contributed by atoms with Crippen LogP contribution in [0.5, 0.6) is 0 Å². The fraction of sp³-hybridized carbons (Fsp3) is 0.267. The van der Waals surface area contributed by atoms with Crippen LogP contribution in [0.2, 0.25) is 20.1 Å². The zero-order valence-electron chi connectivity index (χ0n) is 20.5. The molecule has 1 saturated heterocycles. The van der Waals surface area contributed by atoms with Gasteiger partial charge in [-0.15, -0.1) is 0 Å². The molecule has 0 radical (unpaired) electrons. The Morgan fingerprint density at radius 1 is 0.947 bits per heavy atom. The van der Waals surface area contributed by atoms with Crippen LogP contribution in [0.4, 0.5) is 5.69 Å². The molecule has 3 atom stereocenters. The predicted molar refractivity (Wildman–Crippen MR) is 154 cm³/mol. The maximum atomic E-state index is 14.9. The highest BCUT2D eigenvalue weighted by Gasteiger charge is 2.74. The monoisotopic (exact) mass is 584 g/mol. The number of ketones is 1. The van der Waals surface area contributed by atoms with Gasteiger partial charge in [-0.05, 0) is 79.4 Å². The summed E-state index contributed by atoms with van der Waals surface area (Å²) in [5, 5.41) is 5.09. The van der Waals surface area contributed by atoms with Gasteiger partial charge in [0.15, 0.2) is 5.78 Å². The van der Waals surface area contributed by atoms with E-state index >= 15 is 0 Å². The normalized spacial score (nSPS) is 27.9. The Morgan fingerprint density at radius 3 is 2.39 bits per heavy atom. The van der Waals surface area contributed by atoms with Gasteiger partial charge in [-0.1, -0.05) is 76.7 Å². The van der Waals surface area contributed by atoms with Crippen molar-refractivity contribution in [2.45, 2.75) is 30.7 Å². The minimum absolute atomic E-state index is 0.0537. The Labute approximate surface area is 241 Å². The number of carbonyl (C=O) groups excluding carboxylic acids is 2. The third-order valence-corrected chi connectivity index (χ3v) is 9.63. The Morgan fingerprint density at radius 2 is 1.66 bits per heavy atom. The molecule has 194 valence electrons. The molecule has 0 bridgehead atoms. The van der Waals surface area contributed by atoms with Gasteiger partial charge in [-0.3, -0.25) is 14.5 Å². The highest BCUT2D eigenvalue weighted by atomic mass is 35.5. The van der Waals surface area contributed by atoms with E-state index in [1.807, 2.05) is 54.4 Å². The van der Waals surface area contributed by atoms with Crippen molar-refractivity contribution >= 4 is 69.9 Å². The van der Waals surface area contributed by atoms with E-state index in [1.165, 1.54) is 0 Å². The molecular formula is C30H24Cl4N2O2. The summed E-state index contributed by atoms with van der Waals surface area (Å²) in [6.45, 7) is 0.476. The highest BCUT2D eigenvalue weighted by molar-refractivity contribution is 6.36. The molecule has 1 aliphatic carbocycles. The minimum Gasteiger partial charge on any atom is -0.324 e. The van der Waals surface area contributed by atoms with E-state index in [1.54, 1.807) is 24.3 Å². The second-order valence-corrected chi connectivity index (χ2v) is 12.0. The van der Waals surface area contributed by atoms with Crippen molar-refractivity contribution in [3.05, 3.63) is 103 Å². The average Bonchev–Trinajstić information content (AvgIpc) is 3.32. The van der Waals surface area contributed by atoms with Gasteiger partial charge in [-0.25, -0.2) is 0 Å². The van der Waals surface area contributed by atoms with Crippen LogP contribution in [0.3, 0.4) is 0 Å². The van der Waals surface area contributed by atoms with Crippen LogP contribution < -0.4 is 5.32 Å². The fourth-order valence-corrected chi connectivity index (χ4v) is 8.07. The molecular weight excluding hydrogens is 562 g/mol. The summed E-state index contributed by atoms with van der Waals surface area (Å²) in [7, 11) is 1.93. The summed E-state index contributed by atoms with van der Waals surface area (Å²) in [5.74, 6) is -0.582. The number of allylic oxidation sites excluding steroid dienone is 1. The Hall–Kier alpha value is -2.34. The molecule has 6 rings (SSSR count). The van der Waals surface area contributed by atoms with E-state index in [4.69, 9.17) is 46.4 Å². The minimum atomic E-state index is -1.20. The molecule has 1 amide bonds. The maximum Gasteiger partial charge on any atom is 0.250 e. The number of rotatable bonds is 2.